The molecule has 1 aromatic rings. The van der Waals surface area contributed by atoms with Crippen LogP contribution in [0.1, 0.15) is 19.4 Å². The Hall–Kier alpha value is -0.380. The predicted molar refractivity (Wildman–Crippen MR) is 77.3 cm³/mol. The van der Waals surface area contributed by atoms with E-state index in [0.29, 0.717) is 11.6 Å². The number of benzene rings is 1. The smallest absolute Gasteiger partial charge is 0.137 e. The molecule has 96 valence electrons. The molecule has 17 heavy (non-hydrogen) atoms. The highest BCUT2D eigenvalue weighted by atomic mass is 35.5. The average molecular weight is 274 g/mol. The predicted octanol–water partition coefficient (Wildman–Crippen LogP) is 3.58. The average Bonchev–Trinajstić information content (AvgIpc) is 2.34. The van der Waals surface area contributed by atoms with Gasteiger partial charge in [0.1, 0.15) is 5.75 Å². The molecule has 0 fully saturated rings. The molecule has 0 amide bonds. The minimum Gasteiger partial charge on any atom is -0.491 e. The van der Waals surface area contributed by atoms with Crippen molar-refractivity contribution >= 4 is 23.4 Å². The number of halogens is 1. The molecule has 1 aromatic carbocycles. The van der Waals surface area contributed by atoms with Crippen LogP contribution in [0.4, 0.5) is 0 Å². The van der Waals surface area contributed by atoms with Gasteiger partial charge in [-0.2, -0.15) is 11.8 Å². The SMILES string of the molecule is CCNCc1ccc(OCCSCC)c(Cl)c1. The van der Waals surface area contributed by atoms with Crippen LogP contribution >= 0.6 is 23.4 Å². The van der Waals surface area contributed by atoms with E-state index in [4.69, 9.17) is 16.3 Å². The molecule has 0 spiro atoms. The number of hydrogen-bond donors (Lipinski definition) is 1. The van der Waals surface area contributed by atoms with Crippen molar-refractivity contribution in [2.75, 3.05) is 24.7 Å². The molecule has 0 aliphatic rings. The Balaban J connectivity index is 2.45. The standard InChI is InChI=1S/C13H20ClNOS/c1-3-15-10-11-5-6-13(12(14)9-11)16-7-8-17-4-2/h5-6,9,15H,3-4,7-8,10H2,1-2H3. The topological polar surface area (TPSA) is 21.3 Å². The first kappa shape index (κ1) is 14.7. The first-order valence-electron chi connectivity index (χ1n) is 5.97. The molecular weight excluding hydrogens is 254 g/mol. The van der Waals surface area contributed by atoms with Crippen LogP contribution in [0.25, 0.3) is 0 Å². The molecule has 2 nitrogen and oxygen atoms in total. The third kappa shape index (κ3) is 5.66. The van der Waals surface area contributed by atoms with E-state index in [-0.39, 0.29) is 0 Å². The van der Waals surface area contributed by atoms with Crippen LogP contribution in [0.15, 0.2) is 18.2 Å². The van der Waals surface area contributed by atoms with Crippen molar-refractivity contribution in [2.45, 2.75) is 20.4 Å². The lowest BCUT2D eigenvalue weighted by Crippen LogP contribution is -2.11. The summed E-state index contributed by atoms with van der Waals surface area (Å²) in [6.45, 7) is 6.76. The molecular formula is C13H20ClNOS. The maximum Gasteiger partial charge on any atom is 0.137 e. The van der Waals surface area contributed by atoms with Crippen LogP contribution < -0.4 is 10.1 Å². The van der Waals surface area contributed by atoms with Crippen LogP contribution in [-0.4, -0.2) is 24.7 Å². The van der Waals surface area contributed by atoms with Gasteiger partial charge in [-0.05, 0) is 30.0 Å². The van der Waals surface area contributed by atoms with Gasteiger partial charge in [-0.25, -0.2) is 0 Å². The third-order valence-corrected chi connectivity index (χ3v) is 3.42. The molecule has 0 aliphatic carbocycles. The number of nitrogens with one attached hydrogen (secondary N) is 1. The summed E-state index contributed by atoms with van der Waals surface area (Å²) in [6, 6.07) is 5.97. The van der Waals surface area contributed by atoms with Gasteiger partial charge in [-0.1, -0.05) is 31.5 Å². The quantitative estimate of drug-likeness (QED) is 0.732. The van der Waals surface area contributed by atoms with Gasteiger partial charge in [-0.15, -0.1) is 0 Å². The van der Waals surface area contributed by atoms with E-state index < -0.39 is 0 Å². The Bertz CT molecular complexity index is 333. The van der Waals surface area contributed by atoms with Crippen LogP contribution in [0.3, 0.4) is 0 Å². The van der Waals surface area contributed by atoms with Gasteiger partial charge in [0.05, 0.1) is 11.6 Å². The number of hydrogen-bond acceptors (Lipinski definition) is 3. The van der Waals surface area contributed by atoms with Gasteiger partial charge >= 0.3 is 0 Å². The summed E-state index contributed by atoms with van der Waals surface area (Å²) in [5.74, 6) is 2.91. The highest BCUT2D eigenvalue weighted by Crippen LogP contribution is 2.25. The third-order valence-electron chi connectivity index (χ3n) is 2.26. The van der Waals surface area contributed by atoms with E-state index in [9.17, 15) is 0 Å². The summed E-state index contributed by atoms with van der Waals surface area (Å²) in [7, 11) is 0. The van der Waals surface area contributed by atoms with Crippen molar-refractivity contribution in [3.05, 3.63) is 28.8 Å². The second-order valence-electron chi connectivity index (χ2n) is 3.59. The molecule has 0 aromatic heterocycles. The van der Waals surface area contributed by atoms with Gasteiger partial charge in [0.15, 0.2) is 0 Å². The van der Waals surface area contributed by atoms with Gasteiger partial charge in [0.2, 0.25) is 0 Å². The van der Waals surface area contributed by atoms with E-state index in [2.05, 4.69) is 25.2 Å². The zero-order chi connectivity index (χ0) is 12.5. The first-order chi connectivity index (χ1) is 8.27. The van der Waals surface area contributed by atoms with Crippen molar-refractivity contribution in [3.63, 3.8) is 0 Å². The molecule has 0 radical (unpaired) electrons. The van der Waals surface area contributed by atoms with Crippen LogP contribution in [-0.2, 0) is 6.54 Å². The van der Waals surface area contributed by atoms with Crippen molar-refractivity contribution in [2.24, 2.45) is 0 Å². The van der Waals surface area contributed by atoms with Gasteiger partial charge in [0, 0.05) is 12.3 Å². The number of thioether (sulfide) groups is 1. The van der Waals surface area contributed by atoms with Crippen LogP contribution in [0, 0.1) is 0 Å². The lowest BCUT2D eigenvalue weighted by Gasteiger charge is -2.09. The Morgan fingerprint density at radius 3 is 2.82 bits per heavy atom. The number of rotatable bonds is 8. The Labute approximate surface area is 113 Å². The molecule has 0 saturated heterocycles. The summed E-state index contributed by atoms with van der Waals surface area (Å²) in [6.07, 6.45) is 0. The fraction of sp³-hybridized carbons (Fsp3) is 0.538. The Morgan fingerprint density at radius 2 is 2.18 bits per heavy atom. The normalized spacial score (nSPS) is 10.5. The van der Waals surface area contributed by atoms with E-state index in [0.717, 1.165) is 30.3 Å². The lowest BCUT2D eigenvalue weighted by atomic mass is 10.2. The Kier molecular flexibility index (Phi) is 7.49. The van der Waals surface area contributed by atoms with Crippen LogP contribution in [0.2, 0.25) is 5.02 Å². The van der Waals surface area contributed by atoms with Crippen molar-refractivity contribution in [1.29, 1.82) is 0 Å². The molecule has 0 atom stereocenters. The fourth-order valence-corrected chi connectivity index (χ4v) is 2.14. The molecule has 0 bridgehead atoms. The molecule has 1 rings (SSSR count). The Morgan fingerprint density at radius 1 is 1.35 bits per heavy atom. The molecule has 0 aliphatic heterocycles. The molecule has 0 unspecified atom stereocenters. The van der Waals surface area contributed by atoms with Crippen molar-refractivity contribution in [3.8, 4) is 5.75 Å². The highest BCUT2D eigenvalue weighted by molar-refractivity contribution is 7.99. The number of ether oxygens (including phenoxy) is 1. The molecule has 0 saturated carbocycles. The maximum absolute atomic E-state index is 6.16. The minimum absolute atomic E-state index is 0.696. The lowest BCUT2D eigenvalue weighted by molar-refractivity contribution is 0.344. The largest absolute Gasteiger partial charge is 0.491 e. The second-order valence-corrected chi connectivity index (χ2v) is 5.39. The van der Waals surface area contributed by atoms with Gasteiger partial charge in [0.25, 0.3) is 0 Å². The monoisotopic (exact) mass is 273 g/mol. The summed E-state index contributed by atoms with van der Waals surface area (Å²) in [4.78, 5) is 0. The van der Waals surface area contributed by atoms with E-state index in [1.165, 1.54) is 5.56 Å². The molecule has 4 heteroatoms. The van der Waals surface area contributed by atoms with Crippen molar-refractivity contribution in [1.82, 2.24) is 5.32 Å². The van der Waals surface area contributed by atoms with Crippen LogP contribution in [0.5, 0.6) is 5.75 Å². The van der Waals surface area contributed by atoms with E-state index >= 15 is 0 Å². The summed E-state index contributed by atoms with van der Waals surface area (Å²) in [5.41, 5.74) is 1.19. The maximum atomic E-state index is 6.16. The van der Waals surface area contributed by atoms with Gasteiger partial charge < -0.3 is 10.1 Å². The summed E-state index contributed by atoms with van der Waals surface area (Å²) < 4.78 is 5.63. The fourth-order valence-electron chi connectivity index (χ4n) is 1.40. The highest BCUT2D eigenvalue weighted by Gasteiger charge is 2.02. The molecule has 0 heterocycles. The van der Waals surface area contributed by atoms with Gasteiger partial charge in [-0.3, -0.25) is 0 Å². The second kappa shape index (κ2) is 8.67. The van der Waals surface area contributed by atoms with Crippen molar-refractivity contribution < 1.29 is 4.74 Å². The minimum atomic E-state index is 0.696. The first-order valence-corrected chi connectivity index (χ1v) is 7.50. The van der Waals surface area contributed by atoms with E-state index in [1.807, 2.05) is 23.9 Å². The zero-order valence-electron chi connectivity index (χ0n) is 10.5. The van der Waals surface area contributed by atoms with E-state index in [1.54, 1.807) is 0 Å². The summed E-state index contributed by atoms with van der Waals surface area (Å²) >= 11 is 8.03. The summed E-state index contributed by atoms with van der Waals surface area (Å²) in [5, 5.41) is 3.96. The zero-order valence-corrected chi connectivity index (χ0v) is 12.0. The molecule has 1 N–H and O–H groups in total.